The molecule has 2 N–H and O–H groups in total. The number of methoxy groups -OCH3 is 1. The zero-order valence-corrected chi connectivity index (χ0v) is 17.9. The summed E-state index contributed by atoms with van der Waals surface area (Å²) in [6.07, 6.45) is 1.72. The maximum absolute atomic E-state index is 12.9. The molecule has 2 aromatic carbocycles. The van der Waals surface area contributed by atoms with E-state index in [1.54, 1.807) is 17.9 Å². The summed E-state index contributed by atoms with van der Waals surface area (Å²) in [7, 11) is 1.65. The van der Waals surface area contributed by atoms with E-state index in [4.69, 9.17) is 4.74 Å². The number of hydrogen-bond donors (Lipinski definition) is 2. The van der Waals surface area contributed by atoms with E-state index in [0.717, 1.165) is 44.5 Å². The van der Waals surface area contributed by atoms with Crippen molar-refractivity contribution >= 4 is 21.9 Å². The number of H-pyrrole nitrogens is 2. The summed E-state index contributed by atoms with van der Waals surface area (Å²) in [5.74, 6) is 0.710. The average Bonchev–Trinajstić information content (AvgIpc) is 3.30. The second kappa shape index (κ2) is 7.12. The number of fused-ring (bicyclic) bond motifs is 3. The molecule has 0 unspecified atom stereocenters. The number of aromatic nitrogens is 5. The Morgan fingerprint density at radius 3 is 2.58 bits per heavy atom. The molecule has 0 aliphatic carbocycles. The Morgan fingerprint density at radius 1 is 1.13 bits per heavy atom. The van der Waals surface area contributed by atoms with Crippen LogP contribution in [0.3, 0.4) is 0 Å². The summed E-state index contributed by atoms with van der Waals surface area (Å²) in [4.78, 5) is 20.5. The largest absolute Gasteiger partial charge is 0.496 e. The quantitative estimate of drug-likeness (QED) is 0.454. The Morgan fingerprint density at radius 2 is 1.90 bits per heavy atom. The number of nitrogens with zero attached hydrogens (tertiary/aromatic N) is 3. The van der Waals surface area contributed by atoms with Gasteiger partial charge in [0.1, 0.15) is 5.75 Å². The molecule has 5 rings (SSSR count). The van der Waals surface area contributed by atoms with Gasteiger partial charge in [0.25, 0.3) is 0 Å². The summed E-state index contributed by atoms with van der Waals surface area (Å²) in [6, 6.07) is 13.8. The van der Waals surface area contributed by atoms with Crippen LogP contribution < -0.4 is 10.4 Å². The van der Waals surface area contributed by atoms with Gasteiger partial charge in [0.15, 0.2) is 0 Å². The lowest BCUT2D eigenvalue weighted by Gasteiger charge is -2.16. The first-order valence-corrected chi connectivity index (χ1v) is 10.2. The van der Waals surface area contributed by atoms with Gasteiger partial charge >= 0.3 is 5.69 Å². The van der Waals surface area contributed by atoms with Gasteiger partial charge in [-0.1, -0.05) is 30.3 Å². The Balaban J connectivity index is 1.82. The number of aromatic amines is 2. The molecule has 7 heteroatoms. The number of rotatable bonds is 4. The first-order valence-electron chi connectivity index (χ1n) is 10.2. The van der Waals surface area contributed by atoms with Crippen molar-refractivity contribution in [1.29, 1.82) is 0 Å². The fourth-order valence-electron chi connectivity index (χ4n) is 4.40. The van der Waals surface area contributed by atoms with Crippen molar-refractivity contribution in [2.24, 2.45) is 0 Å². The van der Waals surface area contributed by atoms with Crippen LogP contribution >= 0.6 is 0 Å². The van der Waals surface area contributed by atoms with E-state index in [1.807, 2.05) is 63.2 Å². The Kier molecular flexibility index (Phi) is 4.39. The molecule has 0 saturated heterocycles. The van der Waals surface area contributed by atoms with Crippen LogP contribution in [0, 0.1) is 13.8 Å². The van der Waals surface area contributed by atoms with Crippen molar-refractivity contribution in [3.05, 3.63) is 76.1 Å². The molecule has 156 valence electrons. The maximum Gasteiger partial charge on any atom is 0.327 e. The van der Waals surface area contributed by atoms with Crippen LogP contribution in [0.25, 0.3) is 33.1 Å². The molecule has 7 nitrogen and oxygen atoms in total. The lowest BCUT2D eigenvalue weighted by atomic mass is 10.00. The highest BCUT2D eigenvalue weighted by Gasteiger charge is 2.21. The zero-order valence-electron chi connectivity index (χ0n) is 17.9. The summed E-state index contributed by atoms with van der Waals surface area (Å²) >= 11 is 0. The van der Waals surface area contributed by atoms with Crippen molar-refractivity contribution in [1.82, 2.24) is 24.7 Å². The van der Waals surface area contributed by atoms with E-state index in [2.05, 4.69) is 20.2 Å². The van der Waals surface area contributed by atoms with Gasteiger partial charge in [0.2, 0.25) is 0 Å². The summed E-state index contributed by atoms with van der Waals surface area (Å²) in [5, 5.41) is 8.21. The van der Waals surface area contributed by atoms with Crippen molar-refractivity contribution in [3.63, 3.8) is 0 Å². The van der Waals surface area contributed by atoms with E-state index >= 15 is 0 Å². The van der Waals surface area contributed by atoms with Gasteiger partial charge in [-0.25, -0.2) is 4.79 Å². The first kappa shape index (κ1) is 19.1. The molecule has 0 saturated carbocycles. The molecule has 0 aliphatic rings. The Hall–Kier alpha value is -3.87. The van der Waals surface area contributed by atoms with Gasteiger partial charge in [0.05, 0.1) is 41.6 Å². The highest BCUT2D eigenvalue weighted by molar-refractivity contribution is 6.04. The van der Waals surface area contributed by atoms with E-state index in [9.17, 15) is 4.79 Å². The van der Waals surface area contributed by atoms with Crippen LogP contribution in [0.2, 0.25) is 0 Å². The molecule has 5 aromatic rings. The molecule has 0 spiro atoms. The van der Waals surface area contributed by atoms with Gasteiger partial charge in [-0.05, 0) is 38.5 Å². The SMILES string of the molecule is COc1cc2c(cc1-c1c(C)n[nH]c1C)ncc1[nH]c(=O)n([C@H](C)c3ccccc3)c12. The van der Waals surface area contributed by atoms with E-state index < -0.39 is 0 Å². The van der Waals surface area contributed by atoms with E-state index in [0.29, 0.717) is 11.3 Å². The molecule has 31 heavy (non-hydrogen) atoms. The number of benzene rings is 2. The molecular weight excluding hydrogens is 390 g/mol. The van der Waals surface area contributed by atoms with Crippen LogP contribution in [-0.2, 0) is 0 Å². The number of pyridine rings is 1. The molecule has 1 atom stereocenters. The standard InChI is InChI=1S/C24H23N5O2/c1-13-22(14(2)28-27-13)18-10-19-17(11-21(18)31-4)23-20(12-25-19)26-24(30)29(23)15(3)16-8-6-5-7-9-16/h5-12,15H,1-4H3,(H,26,30)(H,27,28)/t15-/m1/s1. The summed E-state index contributed by atoms with van der Waals surface area (Å²) in [6.45, 7) is 5.98. The van der Waals surface area contributed by atoms with Gasteiger partial charge in [-0.3, -0.25) is 14.6 Å². The summed E-state index contributed by atoms with van der Waals surface area (Å²) < 4.78 is 7.55. The second-order valence-corrected chi connectivity index (χ2v) is 7.79. The number of hydrogen-bond acceptors (Lipinski definition) is 4. The third kappa shape index (κ3) is 2.92. The normalized spacial score (nSPS) is 12.5. The topological polar surface area (TPSA) is 88.6 Å². The predicted molar refractivity (Wildman–Crippen MR) is 122 cm³/mol. The number of aryl methyl sites for hydroxylation is 2. The molecule has 3 aromatic heterocycles. The molecule has 3 heterocycles. The van der Waals surface area contributed by atoms with Gasteiger partial charge in [0, 0.05) is 22.2 Å². The fraction of sp³-hybridized carbons (Fsp3) is 0.208. The minimum atomic E-state index is -0.162. The van der Waals surface area contributed by atoms with E-state index in [1.165, 1.54) is 0 Å². The first-order chi connectivity index (χ1) is 15.0. The minimum Gasteiger partial charge on any atom is -0.496 e. The zero-order chi connectivity index (χ0) is 21.7. The van der Waals surface area contributed by atoms with Crippen LogP contribution in [0.4, 0.5) is 0 Å². The third-order valence-electron chi connectivity index (χ3n) is 5.93. The van der Waals surface area contributed by atoms with Gasteiger partial charge < -0.3 is 9.72 Å². The monoisotopic (exact) mass is 413 g/mol. The Bertz CT molecular complexity index is 1460. The lowest BCUT2D eigenvalue weighted by Crippen LogP contribution is -2.21. The summed E-state index contributed by atoms with van der Waals surface area (Å²) in [5.41, 5.74) is 6.99. The number of imidazole rings is 1. The number of ether oxygens (including phenoxy) is 1. The average molecular weight is 413 g/mol. The minimum absolute atomic E-state index is 0.142. The van der Waals surface area contributed by atoms with Crippen LogP contribution in [0.5, 0.6) is 5.75 Å². The molecule has 0 radical (unpaired) electrons. The van der Waals surface area contributed by atoms with Gasteiger partial charge in [-0.2, -0.15) is 5.10 Å². The van der Waals surface area contributed by atoms with Crippen LogP contribution in [0.1, 0.15) is 29.9 Å². The predicted octanol–water partition coefficient (Wildman–Crippen LogP) is 4.50. The van der Waals surface area contributed by atoms with E-state index in [-0.39, 0.29) is 11.7 Å². The highest BCUT2D eigenvalue weighted by atomic mass is 16.5. The Labute approximate surface area is 178 Å². The lowest BCUT2D eigenvalue weighted by molar-refractivity contribution is 0.417. The van der Waals surface area contributed by atoms with Crippen LogP contribution in [0.15, 0.2) is 53.5 Å². The van der Waals surface area contributed by atoms with Crippen molar-refractivity contribution in [3.8, 4) is 16.9 Å². The van der Waals surface area contributed by atoms with Gasteiger partial charge in [-0.15, -0.1) is 0 Å². The molecular formula is C24H23N5O2. The fourth-order valence-corrected chi connectivity index (χ4v) is 4.40. The van der Waals surface area contributed by atoms with Crippen molar-refractivity contribution < 1.29 is 4.74 Å². The number of nitrogens with one attached hydrogen (secondary N) is 2. The molecule has 0 bridgehead atoms. The molecule has 0 fully saturated rings. The van der Waals surface area contributed by atoms with Crippen molar-refractivity contribution in [2.75, 3.05) is 7.11 Å². The second-order valence-electron chi connectivity index (χ2n) is 7.79. The maximum atomic E-state index is 12.9. The highest BCUT2D eigenvalue weighted by Crippen LogP contribution is 2.38. The van der Waals surface area contributed by atoms with Crippen LogP contribution in [-0.4, -0.2) is 31.8 Å². The third-order valence-corrected chi connectivity index (χ3v) is 5.93. The van der Waals surface area contributed by atoms with Crippen molar-refractivity contribution in [2.45, 2.75) is 26.8 Å². The molecule has 0 amide bonds. The smallest absolute Gasteiger partial charge is 0.327 e. The molecule has 0 aliphatic heterocycles.